The molecule has 0 aliphatic carbocycles. The molecule has 0 aliphatic rings. The van der Waals surface area contributed by atoms with Crippen LogP contribution in [-0.4, -0.2) is 19.7 Å². The molecule has 72 valence electrons. The van der Waals surface area contributed by atoms with E-state index >= 15 is 0 Å². The lowest BCUT2D eigenvalue weighted by Gasteiger charge is -2.01. The van der Waals surface area contributed by atoms with E-state index in [1.165, 1.54) is 4.68 Å². The van der Waals surface area contributed by atoms with Crippen molar-refractivity contribution in [3.8, 4) is 5.69 Å². The molecule has 6 nitrogen and oxygen atoms in total. The van der Waals surface area contributed by atoms with Crippen LogP contribution in [0.1, 0.15) is 0 Å². The number of hydrogen-bond donors (Lipinski definition) is 2. The van der Waals surface area contributed by atoms with Gasteiger partial charge in [0.05, 0.1) is 5.69 Å². The maximum Gasteiger partial charge on any atom is 0.241 e. The van der Waals surface area contributed by atoms with Crippen LogP contribution in [0.3, 0.4) is 0 Å². The molecule has 2 rings (SSSR count). The van der Waals surface area contributed by atoms with E-state index < -0.39 is 0 Å². The van der Waals surface area contributed by atoms with Crippen molar-refractivity contribution in [3.63, 3.8) is 0 Å². The number of nitrogens with two attached hydrogens (primary N) is 2. The summed E-state index contributed by atoms with van der Waals surface area (Å²) < 4.78 is 1.39. The minimum absolute atomic E-state index is 0.121. The summed E-state index contributed by atoms with van der Waals surface area (Å²) in [5.41, 5.74) is 11.6. The maximum absolute atomic E-state index is 5.71. The molecule has 7 heteroatoms. The molecule has 2 aromatic rings. The zero-order valence-electron chi connectivity index (χ0n) is 7.05. The lowest BCUT2D eigenvalue weighted by molar-refractivity contribution is 0.892. The molecule has 2 aromatic heterocycles. The Bertz CT molecular complexity index is 465. The monoisotopic (exact) mass is 210 g/mol. The summed E-state index contributed by atoms with van der Waals surface area (Å²) in [6, 6.07) is 3.32. The summed E-state index contributed by atoms with van der Waals surface area (Å²) in [4.78, 5) is 7.59. The Morgan fingerprint density at radius 1 is 1.36 bits per heavy atom. The Hall–Kier alpha value is -1.82. The third-order valence-electron chi connectivity index (χ3n) is 1.60. The highest BCUT2D eigenvalue weighted by atomic mass is 35.5. The van der Waals surface area contributed by atoms with E-state index in [9.17, 15) is 0 Å². The molecule has 4 N–H and O–H groups in total. The number of pyridine rings is 1. The van der Waals surface area contributed by atoms with Crippen molar-refractivity contribution in [2.75, 3.05) is 11.5 Å². The molecule has 0 spiro atoms. The van der Waals surface area contributed by atoms with Gasteiger partial charge in [0.1, 0.15) is 5.15 Å². The van der Waals surface area contributed by atoms with Crippen molar-refractivity contribution in [2.24, 2.45) is 0 Å². The Morgan fingerprint density at radius 3 is 2.71 bits per heavy atom. The van der Waals surface area contributed by atoms with Crippen LogP contribution in [-0.2, 0) is 0 Å². The molecule has 0 bridgehead atoms. The van der Waals surface area contributed by atoms with Gasteiger partial charge in [0, 0.05) is 12.3 Å². The number of rotatable bonds is 1. The molecule has 0 radical (unpaired) electrons. The van der Waals surface area contributed by atoms with Crippen molar-refractivity contribution in [1.29, 1.82) is 0 Å². The summed E-state index contributed by atoms with van der Waals surface area (Å²) in [7, 11) is 0. The topological polar surface area (TPSA) is 95.6 Å². The third kappa shape index (κ3) is 1.47. The first-order valence-corrected chi connectivity index (χ1v) is 4.14. The highest BCUT2D eigenvalue weighted by Gasteiger charge is 2.06. The van der Waals surface area contributed by atoms with Gasteiger partial charge in [-0.15, -0.1) is 5.10 Å². The Kier molecular flexibility index (Phi) is 1.97. The summed E-state index contributed by atoms with van der Waals surface area (Å²) >= 11 is 5.71. The summed E-state index contributed by atoms with van der Waals surface area (Å²) in [6.45, 7) is 0. The van der Waals surface area contributed by atoms with Gasteiger partial charge in [0.2, 0.25) is 11.9 Å². The summed E-state index contributed by atoms with van der Waals surface area (Å²) in [5.74, 6) is 0.334. The number of hydrogen-bond acceptors (Lipinski definition) is 5. The van der Waals surface area contributed by atoms with E-state index in [0.717, 1.165) is 0 Å². The fourth-order valence-corrected chi connectivity index (χ4v) is 1.22. The number of aromatic nitrogens is 4. The number of anilines is 2. The molecule has 14 heavy (non-hydrogen) atoms. The molecule has 2 heterocycles. The molecule has 0 fully saturated rings. The fraction of sp³-hybridized carbons (Fsp3) is 0. The predicted octanol–water partition coefficient (Wildman–Crippen LogP) is 0.480. The average molecular weight is 211 g/mol. The second kappa shape index (κ2) is 3.15. The summed E-state index contributed by atoms with van der Waals surface area (Å²) in [5, 5.41) is 4.25. The van der Waals surface area contributed by atoms with Gasteiger partial charge in [-0.2, -0.15) is 9.67 Å². The standard InChI is InChI=1S/C7H7ClN6/c8-5-3-4(1-2-11-5)14-7(10)12-6(9)13-14/h1-3H,(H4,9,10,12,13). The van der Waals surface area contributed by atoms with Gasteiger partial charge in [-0.1, -0.05) is 11.6 Å². The van der Waals surface area contributed by atoms with Gasteiger partial charge in [-0.25, -0.2) is 4.98 Å². The Morgan fingerprint density at radius 2 is 2.14 bits per heavy atom. The van der Waals surface area contributed by atoms with Crippen LogP contribution >= 0.6 is 11.6 Å². The van der Waals surface area contributed by atoms with Gasteiger partial charge in [0.25, 0.3) is 0 Å². The van der Waals surface area contributed by atoms with Gasteiger partial charge in [0.15, 0.2) is 0 Å². The van der Waals surface area contributed by atoms with Crippen LogP contribution in [0.5, 0.6) is 0 Å². The van der Waals surface area contributed by atoms with Gasteiger partial charge in [-0.05, 0) is 6.07 Å². The highest BCUT2D eigenvalue weighted by molar-refractivity contribution is 6.29. The minimum atomic E-state index is 0.121. The Balaban J connectivity index is 2.54. The van der Waals surface area contributed by atoms with Crippen LogP contribution in [0.2, 0.25) is 5.15 Å². The third-order valence-corrected chi connectivity index (χ3v) is 1.81. The molecule has 0 aliphatic heterocycles. The molecule has 0 aromatic carbocycles. The molecule has 0 amide bonds. The largest absolute Gasteiger partial charge is 0.368 e. The van der Waals surface area contributed by atoms with Crippen LogP contribution in [0.4, 0.5) is 11.9 Å². The van der Waals surface area contributed by atoms with E-state index in [1.54, 1.807) is 18.3 Å². The predicted molar refractivity (Wildman–Crippen MR) is 53.0 cm³/mol. The van der Waals surface area contributed by atoms with Crippen molar-refractivity contribution < 1.29 is 0 Å². The fourth-order valence-electron chi connectivity index (χ4n) is 1.05. The van der Waals surface area contributed by atoms with Crippen molar-refractivity contribution in [1.82, 2.24) is 19.7 Å². The van der Waals surface area contributed by atoms with Gasteiger partial charge in [-0.3, -0.25) is 0 Å². The minimum Gasteiger partial charge on any atom is -0.368 e. The normalized spacial score (nSPS) is 10.4. The Labute approximate surface area is 84.5 Å². The second-order valence-electron chi connectivity index (χ2n) is 2.58. The quantitative estimate of drug-likeness (QED) is 0.668. The SMILES string of the molecule is Nc1nc(N)n(-c2ccnc(Cl)c2)n1. The lowest BCUT2D eigenvalue weighted by atomic mass is 10.4. The number of halogens is 1. The van der Waals surface area contributed by atoms with E-state index in [0.29, 0.717) is 10.8 Å². The number of nitrogens with zero attached hydrogens (tertiary/aromatic N) is 4. The number of nitrogen functional groups attached to an aromatic ring is 2. The molecule has 0 unspecified atom stereocenters. The first-order valence-electron chi connectivity index (χ1n) is 3.77. The van der Waals surface area contributed by atoms with Gasteiger partial charge >= 0.3 is 0 Å². The zero-order chi connectivity index (χ0) is 10.1. The summed E-state index contributed by atoms with van der Waals surface area (Å²) in [6.07, 6.45) is 1.55. The van der Waals surface area contributed by atoms with Crippen LogP contribution < -0.4 is 11.5 Å². The van der Waals surface area contributed by atoms with Gasteiger partial charge < -0.3 is 11.5 Å². The molecular weight excluding hydrogens is 204 g/mol. The van der Waals surface area contributed by atoms with Crippen LogP contribution in [0, 0.1) is 0 Å². The van der Waals surface area contributed by atoms with E-state index in [4.69, 9.17) is 23.1 Å². The van der Waals surface area contributed by atoms with E-state index in [2.05, 4.69) is 15.1 Å². The molecule has 0 saturated heterocycles. The lowest BCUT2D eigenvalue weighted by Crippen LogP contribution is -2.02. The van der Waals surface area contributed by atoms with Crippen molar-refractivity contribution >= 4 is 23.5 Å². The van der Waals surface area contributed by atoms with Crippen molar-refractivity contribution in [3.05, 3.63) is 23.5 Å². The highest BCUT2D eigenvalue weighted by Crippen LogP contribution is 2.14. The first kappa shape index (κ1) is 8.76. The maximum atomic E-state index is 5.71. The van der Waals surface area contributed by atoms with Crippen LogP contribution in [0.15, 0.2) is 18.3 Å². The first-order chi connectivity index (χ1) is 6.66. The molecular formula is C7H7ClN6. The van der Waals surface area contributed by atoms with E-state index in [-0.39, 0.29) is 11.9 Å². The van der Waals surface area contributed by atoms with Crippen molar-refractivity contribution in [2.45, 2.75) is 0 Å². The van der Waals surface area contributed by atoms with Crippen LogP contribution in [0.25, 0.3) is 5.69 Å². The second-order valence-corrected chi connectivity index (χ2v) is 2.96. The average Bonchev–Trinajstić information content (AvgIpc) is 2.45. The smallest absolute Gasteiger partial charge is 0.241 e. The molecule has 0 saturated carbocycles. The molecule has 0 atom stereocenters. The zero-order valence-corrected chi connectivity index (χ0v) is 7.81. The van der Waals surface area contributed by atoms with E-state index in [1.807, 2.05) is 0 Å².